The zero-order chi connectivity index (χ0) is 28.2. The van der Waals surface area contributed by atoms with Crippen LogP contribution in [0.15, 0.2) is 59.0 Å². The quantitative estimate of drug-likeness (QED) is 0.502. The Kier molecular flexibility index (Phi) is 8.25. The molecule has 2 fully saturated rings. The van der Waals surface area contributed by atoms with Gasteiger partial charge in [-0.3, -0.25) is 14.5 Å². The number of carbonyl (C=O) groups excluding carboxylic acids is 2. The minimum atomic E-state index is -0.338. The van der Waals surface area contributed by atoms with Crippen molar-refractivity contribution in [2.24, 2.45) is 0 Å². The van der Waals surface area contributed by atoms with Crippen LogP contribution in [0.5, 0.6) is 17.2 Å². The number of rotatable bonds is 4. The Morgan fingerprint density at radius 1 is 1.02 bits per heavy atom. The smallest absolute Gasteiger partial charge is 0.289 e. The van der Waals surface area contributed by atoms with Gasteiger partial charge < -0.3 is 28.8 Å². The molecule has 0 radical (unpaired) electrons. The second kappa shape index (κ2) is 12.4. The van der Waals surface area contributed by atoms with Gasteiger partial charge >= 0.3 is 0 Å². The average Bonchev–Trinajstić information content (AvgIpc) is 3.68. The van der Waals surface area contributed by atoms with Gasteiger partial charge in [-0.15, -0.1) is 0 Å². The van der Waals surface area contributed by atoms with E-state index in [0.29, 0.717) is 62.0 Å². The average molecular weight is 560 g/mol. The molecule has 3 aliphatic rings. The van der Waals surface area contributed by atoms with E-state index in [1.807, 2.05) is 48.5 Å². The molecule has 0 spiro atoms. The Hall–Kier alpha value is -3.82. The SMILES string of the molecule is COc1ccc2cc1Oc1cccc(c1)CO[C@@H]1CCN(C(=O)c3ccc(CN4CCCC4)o3)C[C@@H]1NC(=O)CC2. The summed E-state index contributed by atoms with van der Waals surface area (Å²) in [6.07, 6.45) is 3.62. The molecule has 6 rings (SSSR count). The van der Waals surface area contributed by atoms with E-state index in [1.54, 1.807) is 18.1 Å². The van der Waals surface area contributed by atoms with Crippen molar-refractivity contribution in [2.45, 2.75) is 57.4 Å². The number of ether oxygens (including phenoxy) is 3. The Morgan fingerprint density at radius 2 is 1.90 bits per heavy atom. The molecule has 216 valence electrons. The molecule has 2 saturated heterocycles. The van der Waals surface area contributed by atoms with E-state index in [9.17, 15) is 9.59 Å². The van der Waals surface area contributed by atoms with Gasteiger partial charge in [-0.05, 0) is 86.3 Å². The molecule has 0 saturated carbocycles. The van der Waals surface area contributed by atoms with Crippen LogP contribution in [0.1, 0.15) is 53.1 Å². The number of aryl methyl sites for hydroxylation is 1. The van der Waals surface area contributed by atoms with Crippen LogP contribution in [0.2, 0.25) is 0 Å². The van der Waals surface area contributed by atoms with Gasteiger partial charge in [0.05, 0.1) is 32.4 Å². The fraction of sp³-hybridized carbons (Fsp3) is 0.438. The van der Waals surface area contributed by atoms with Crippen molar-refractivity contribution in [1.29, 1.82) is 0 Å². The predicted octanol–water partition coefficient (Wildman–Crippen LogP) is 4.54. The van der Waals surface area contributed by atoms with Gasteiger partial charge in [0.25, 0.3) is 5.91 Å². The molecule has 41 heavy (non-hydrogen) atoms. The first-order valence-corrected chi connectivity index (χ1v) is 14.5. The molecule has 0 unspecified atom stereocenters. The Bertz CT molecular complexity index is 1380. The van der Waals surface area contributed by atoms with E-state index in [4.69, 9.17) is 18.6 Å². The molecule has 9 nitrogen and oxygen atoms in total. The van der Waals surface area contributed by atoms with E-state index >= 15 is 0 Å². The van der Waals surface area contributed by atoms with Crippen molar-refractivity contribution in [3.05, 3.63) is 77.2 Å². The number of methoxy groups -OCH3 is 1. The number of nitrogens with one attached hydrogen (secondary N) is 1. The molecular formula is C32H37N3O6. The third-order valence-corrected chi connectivity index (χ3v) is 8.09. The summed E-state index contributed by atoms with van der Waals surface area (Å²) in [5.41, 5.74) is 1.93. The van der Waals surface area contributed by atoms with Crippen molar-refractivity contribution in [1.82, 2.24) is 15.1 Å². The van der Waals surface area contributed by atoms with Gasteiger partial charge in [0, 0.05) is 19.5 Å². The number of hydrogen-bond acceptors (Lipinski definition) is 7. The highest BCUT2D eigenvalue weighted by atomic mass is 16.5. The van der Waals surface area contributed by atoms with Crippen LogP contribution in [0.4, 0.5) is 0 Å². The van der Waals surface area contributed by atoms with E-state index in [2.05, 4.69) is 10.2 Å². The molecule has 3 aromatic rings. The van der Waals surface area contributed by atoms with Crippen molar-refractivity contribution in [2.75, 3.05) is 33.3 Å². The van der Waals surface area contributed by atoms with Crippen LogP contribution in [-0.4, -0.2) is 67.0 Å². The summed E-state index contributed by atoms with van der Waals surface area (Å²) >= 11 is 0. The molecule has 1 N–H and O–H groups in total. The fourth-order valence-electron chi connectivity index (χ4n) is 5.87. The van der Waals surface area contributed by atoms with Gasteiger partial charge in [0.2, 0.25) is 5.91 Å². The molecule has 2 amide bonds. The van der Waals surface area contributed by atoms with Gasteiger partial charge in [0.1, 0.15) is 11.5 Å². The maximum atomic E-state index is 13.4. The Labute approximate surface area is 240 Å². The lowest BCUT2D eigenvalue weighted by molar-refractivity contribution is -0.124. The fourth-order valence-corrected chi connectivity index (χ4v) is 5.87. The van der Waals surface area contributed by atoms with Crippen LogP contribution in [-0.2, 0) is 29.1 Å². The first-order valence-electron chi connectivity index (χ1n) is 14.5. The van der Waals surface area contributed by atoms with Crippen LogP contribution in [0.25, 0.3) is 0 Å². The lowest BCUT2D eigenvalue weighted by atomic mass is 10.0. The molecule has 4 heterocycles. The number of piperidine rings is 1. The maximum absolute atomic E-state index is 13.4. The predicted molar refractivity (Wildman–Crippen MR) is 152 cm³/mol. The number of nitrogens with zero attached hydrogens (tertiary/aromatic N) is 2. The molecule has 2 aromatic carbocycles. The molecule has 0 aliphatic carbocycles. The summed E-state index contributed by atoms with van der Waals surface area (Å²) in [5, 5.41) is 3.16. The third kappa shape index (κ3) is 6.57. The van der Waals surface area contributed by atoms with Gasteiger partial charge in [-0.2, -0.15) is 0 Å². The zero-order valence-electron chi connectivity index (χ0n) is 23.5. The van der Waals surface area contributed by atoms with Crippen LogP contribution >= 0.6 is 0 Å². The molecule has 2 atom stereocenters. The molecule has 9 heteroatoms. The summed E-state index contributed by atoms with van der Waals surface area (Å²) in [6, 6.07) is 16.8. The zero-order valence-corrected chi connectivity index (χ0v) is 23.5. The lowest BCUT2D eigenvalue weighted by Gasteiger charge is -2.38. The first-order chi connectivity index (χ1) is 20.0. The standard InChI is InChI=1S/C32H37N3O6/c1-38-28-10-7-22-8-12-31(36)33-26-20-35(32(37)29-11-9-25(41-29)19-34-14-2-3-15-34)16-13-27(26)39-21-23-5-4-6-24(17-23)40-30(28)18-22/h4-7,9-11,17-18,26-27H,2-3,8,12-16,19-21H2,1H3,(H,33,36)/t26-,27+/m0/s1. The minimum Gasteiger partial charge on any atom is -0.493 e. The molecular weight excluding hydrogens is 522 g/mol. The van der Waals surface area contributed by atoms with Crippen molar-refractivity contribution >= 4 is 11.8 Å². The van der Waals surface area contributed by atoms with E-state index in [-0.39, 0.29) is 24.0 Å². The number of likely N-dealkylation sites (tertiary alicyclic amines) is 2. The van der Waals surface area contributed by atoms with E-state index < -0.39 is 0 Å². The second-order valence-corrected chi connectivity index (χ2v) is 11.0. The van der Waals surface area contributed by atoms with Gasteiger partial charge in [-0.1, -0.05) is 18.2 Å². The van der Waals surface area contributed by atoms with Gasteiger partial charge in [-0.25, -0.2) is 0 Å². The second-order valence-electron chi connectivity index (χ2n) is 11.0. The number of amides is 2. The van der Waals surface area contributed by atoms with Gasteiger partial charge in [0.15, 0.2) is 17.3 Å². The Balaban J connectivity index is 1.18. The summed E-state index contributed by atoms with van der Waals surface area (Å²) in [4.78, 5) is 30.6. The molecule has 4 bridgehead atoms. The minimum absolute atomic E-state index is 0.0856. The summed E-state index contributed by atoms with van der Waals surface area (Å²) in [6.45, 7) is 4.09. The van der Waals surface area contributed by atoms with Crippen LogP contribution in [0.3, 0.4) is 0 Å². The number of benzene rings is 2. The number of furan rings is 1. The highest BCUT2D eigenvalue weighted by molar-refractivity contribution is 5.91. The normalized spacial score (nSPS) is 21.7. The lowest BCUT2D eigenvalue weighted by Crippen LogP contribution is -2.57. The summed E-state index contributed by atoms with van der Waals surface area (Å²) in [7, 11) is 1.61. The summed E-state index contributed by atoms with van der Waals surface area (Å²) < 4.78 is 24.0. The van der Waals surface area contributed by atoms with E-state index in [0.717, 1.165) is 36.5 Å². The first kappa shape index (κ1) is 27.4. The highest BCUT2D eigenvalue weighted by Gasteiger charge is 2.34. The highest BCUT2D eigenvalue weighted by Crippen LogP contribution is 2.33. The molecule has 3 aliphatic heterocycles. The van der Waals surface area contributed by atoms with Crippen molar-refractivity contribution < 1.29 is 28.2 Å². The number of hydrogen-bond donors (Lipinski definition) is 1. The Morgan fingerprint density at radius 3 is 2.76 bits per heavy atom. The summed E-state index contributed by atoms with van der Waals surface area (Å²) in [5.74, 6) is 2.82. The topological polar surface area (TPSA) is 93.5 Å². The number of fused-ring (bicyclic) bond motifs is 5. The van der Waals surface area contributed by atoms with Crippen molar-refractivity contribution in [3.63, 3.8) is 0 Å². The maximum Gasteiger partial charge on any atom is 0.289 e. The van der Waals surface area contributed by atoms with E-state index in [1.165, 1.54) is 12.8 Å². The largest absolute Gasteiger partial charge is 0.493 e. The third-order valence-electron chi connectivity index (χ3n) is 8.09. The van der Waals surface area contributed by atoms with Crippen LogP contribution < -0.4 is 14.8 Å². The van der Waals surface area contributed by atoms with Crippen molar-refractivity contribution in [3.8, 4) is 17.2 Å². The molecule has 1 aromatic heterocycles. The van der Waals surface area contributed by atoms with Crippen LogP contribution in [0, 0.1) is 0 Å². The monoisotopic (exact) mass is 559 g/mol. The number of carbonyl (C=O) groups is 2.